The minimum absolute atomic E-state index is 0.149. The van der Waals surface area contributed by atoms with Gasteiger partial charge in [0.25, 0.3) is 0 Å². The summed E-state index contributed by atoms with van der Waals surface area (Å²) in [5.41, 5.74) is 8.10. The van der Waals surface area contributed by atoms with Crippen molar-refractivity contribution in [2.24, 2.45) is 5.73 Å². The zero-order chi connectivity index (χ0) is 16.7. The van der Waals surface area contributed by atoms with E-state index in [1.54, 1.807) is 0 Å². The van der Waals surface area contributed by atoms with Crippen LogP contribution < -0.4 is 5.73 Å². The number of rotatable bonds is 3. The van der Waals surface area contributed by atoms with Crippen LogP contribution in [0.3, 0.4) is 0 Å². The first-order valence-corrected chi connectivity index (χ1v) is 8.49. The molecule has 1 aliphatic heterocycles. The first-order chi connectivity index (χ1) is 11.6. The van der Waals surface area contributed by atoms with Gasteiger partial charge in [0.2, 0.25) is 5.91 Å². The molecule has 0 radical (unpaired) electrons. The summed E-state index contributed by atoms with van der Waals surface area (Å²) in [6, 6.07) is 17.7. The first-order valence-electron chi connectivity index (χ1n) is 8.49. The Labute approximate surface area is 141 Å². The fourth-order valence-electron chi connectivity index (χ4n) is 4.34. The average Bonchev–Trinajstić information content (AvgIpc) is 3.17. The zero-order valence-corrected chi connectivity index (χ0v) is 13.6. The molecule has 0 bridgehead atoms. The van der Waals surface area contributed by atoms with Crippen molar-refractivity contribution in [2.45, 2.75) is 36.9 Å². The molecule has 1 fully saturated rings. The number of β-amino-alcohol motifs (C(OH)–C–C–N with tert-alkyl or cyclic N) is 1. The number of nitrogens with zero attached hydrogens (tertiary/aromatic N) is 1. The molecule has 1 aliphatic carbocycles. The Hall–Kier alpha value is -2.17. The highest BCUT2D eigenvalue weighted by atomic mass is 16.3. The lowest BCUT2D eigenvalue weighted by atomic mass is 9.91. The van der Waals surface area contributed by atoms with Gasteiger partial charge < -0.3 is 10.8 Å². The molecule has 0 aromatic heterocycles. The van der Waals surface area contributed by atoms with E-state index < -0.39 is 11.6 Å². The molecule has 0 spiro atoms. The highest BCUT2D eigenvalue weighted by molar-refractivity contribution is 5.80. The maximum atomic E-state index is 12.1. The van der Waals surface area contributed by atoms with Gasteiger partial charge in [0.05, 0.1) is 6.04 Å². The molecule has 2 unspecified atom stereocenters. The summed E-state index contributed by atoms with van der Waals surface area (Å²) in [5, 5.41) is 11.2. The molecule has 24 heavy (non-hydrogen) atoms. The molecule has 1 heterocycles. The van der Waals surface area contributed by atoms with Crippen molar-refractivity contribution in [1.29, 1.82) is 0 Å². The van der Waals surface area contributed by atoms with Crippen LogP contribution in [0.5, 0.6) is 0 Å². The number of likely N-dealkylation sites (tertiary alicyclic amines) is 1. The molecule has 0 saturated carbocycles. The number of benzene rings is 2. The second-order valence-corrected chi connectivity index (χ2v) is 6.95. The van der Waals surface area contributed by atoms with E-state index in [0.717, 1.165) is 18.4 Å². The lowest BCUT2D eigenvalue weighted by molar-refractivity contribution is -0.123. The van der Waals surface area contributed by atoms with Gasteiger partial charge in [0.1, 0.15) is 5.60 Å². The molecule has 2 aromatic carbocycles. The van der Waals surface area contributed by atoms with E-state index in [-0.39, 0.29) is 11.9 Å². The van der Waals surface area contributed by atoms with Crippen LogP contribution in [0.25, 0.3) is 0 Å². The predicted octanol–water partition coefficient (Wildman–Crippen LogP) is 2.12. The number of aliphatic hydroxyl groups is 1. The third-order valence-corrected chi connectivity index (χ3v) is 5.52. The number of aryl methyl sites for hydroxylation is 1. The molecule has 4 rings (SSSR count). The maximum Gasteiger partial charge on any atom is 0.234 e. The van der Waals surface area contributed by atoms with Crippen molar-refractivity contribution in [2.75, 3.05) is 6.54 Å². The summed E-state index contributed by atoms with van der Waals surface area (Å²) < 4.78 is 0. The van der Waals surface area contributed by atoms with Gasteiger partial charge in [-0.05, 0) is 29.5 Å². The number of amides is 1. The Morgan fingerprint density at radius 1 is 1.12 bits per heavy atom. The van der Waals surface area contributed by atoms with Crippen molar-refractivity contribution in [3.8, 4) is 0 Å². The summed E-state index contributed by atoms with van der Waals surface area (Å²) in [6.07, 6.45) is 2.32. The second-order valence-electron chi connectivity index (χ2n) is 6.95. The Balaban J connectivity index is 1.69. The Morgan fingerprint density at radius 3 is 2.58 bits per heavy atom. The minimum atomic E-state index is -1.03. The van der Waals surface area contributed by atoms with E-state index in [0.29, 0.717) is 13.0 Å². The normalized spacial score (nSPS) is 29.5. The summed E-state index contributed by atoms with van der Waals surface area (Å²) in [4.78, 5) is 14.2. The topological polar surface area (TPSA) is 66.6 Å². The quantitative estimate of drug-likeness (QED) is 0.909. The van der Waals surface area contributed by atoms with Gasteiger partial charge in [-0.15, -0.1) is 0 Å². The molecule has 3 N–H and O–H groups in total. The third-order valence-electron chi connectivity index (χ3n) is 5.52. The van der Waals surface area contributed by atoms with Crippen LogP contribution in [-0.4, -0.2) is 28.5 Å². The lowest BCUT2D eigenvalue weighted by Crippen LogP contribution is -2.41. The summed E-state index contributed by atoms with van der Waals surface area (Å²) in [5.74, 6) is -0.355. The fraction of sp³-hybridized carbons (Fsp3) is 0.350. The first kappa shape index (κ1) is 15.4. The van der Waals surface area contributed by atoms with Gasteiger partial charge in [-0.3, -0.25) is 9.69 Å². The predicted molar refractivity (Wildman–Crippen MR) is 92.1 cm³/mol. The van der Waals surface area contributed by atoms with Crippen LogP contribution in [0.4, 0.5) is 0 Å². The van der Waals surface area contributed by atoms with Crippen LogP contribution in [-0.2, 0) is 16.8 Å². The minimum Gasteiger partial charge on any atom is -0.384 e. The van der Waals surface area contributed by atoms with E-state index >= 15 is 0 Å². The van der Waals surface area contributed by atoms with Crippen molar-refractivity contribution in [1.82, 2.24) is 4.90 Å². The average molecular weight is 322 g/mol. The van der Waals surface area contributed by atoms with Gasteiger partial charge in [-0.1, -0.05) is 54.6 Å². The van der Waals surface area contributed by atoms with E-state index in [2.05, 4.69) is 23.1 Å². The van der Waals surface area contributed by atoms with Crippen molar-refractivity contribution in [3.05, 3.63) is 71.3 Å². The molecule has 1 saturated heterocycles. The summed E-state index contributed by atoms with van der Waals surface area (Å²) in [6.45, 7) is 0.434. The summed E-state index contributed by atoms with van der Waals surface area (Å²) in [7, 11) is 0. The number of fused-ring (bicyclic) bond motifs is 1. The Bertz CT molecular complexity index is 761. The number of nitrogens with two attached hydrogens (primary N) is 1. The molecular formula is C20H22N2O2. The van der Waals surface area contributed by atoms with E-state index in [1.165, 1.54) is 11.1 Å². The van der Waals surface area contributed by atoms with Crippen molar-refractivity contribution >= 4 is 5.91 Å². The number of hydrogen-bond donors (Lipinski definition) is 2. The molecule has 1 amide bonds. The lowest BCUT2D eigenvalue weighted by Gasteiger charge is -2.30. The highest BCUT2D eigenvalue weighted by Crippen LogP contribution is 2.44. The largest absolute Gasteiger partial charge is 0.384 e. The number of hydrogen-bond acceptors (Lipinski definition) is 3. The van der Waals surface area contributed by atoms with Gasteiger partial charge in [-0.25, -0.2) is 0 Å². The van der Waals surface area contributed by atoms with Crippen LogP contribution in [0.1, 0.15) is 35.6 Å². The third kappa shape index (κ3) is 2.43. The molecule has 3 atom stereocenters. The van der Waals surface area contributed by atoms with Crippen molar-refractivity contribution in [3.63, 3.8) is 0 Å². The smallest absolute Gasteiger partial charge is 0.234 e. The van der Waals surface area contributed by atoms with Gasteiger partial charge in [-0.2, -0.15) is 0 Å². The van der Waals surface area contributed by atoms with Gasteiger partial charge in [0.15, 0.2) is 0 Å². The molecular weight excluding hydrogens is 300 g/mol. The van der Waals surface area contributed by atoms with Gasteiger partial charge >= 0.3 is 0 Å². The van der Waals surface area contributed by atoms with Gasteiger partial charge in [0, 0.05) is 19.0 Å². The molecule has 2 aliphatic rings. The highest BCUT2D eigenvalue weighted by Gasteiger charge is 2.49. The second kappa shape index (κ2) is 5.72. The Kier molecular flexibility index (Phi) is 3.66. The molecule has 4 nitrogen and oxygen atoms in total. The number of carbonyl (C=O) groups is 1. The van der Waals surface area contributed by atoms with Crippen LogP contribution >= 0.6 is 0 Å². The van der Waals surface area contributed by atoms with E-state index in [1.807, 2.05) is 36.4 Å². The van der Waals surface area contributed by atoms with Crippen molar-refractivity contribution < 1.29 is 9.90 Å². The fourth-order valence-corrected chi connectivity index (χ4v) is 4.34. The standard InChI is InChI=1S/C20H22N2O2/c21-19(23)18-12-20(24,15-7-2-1-3-8-15)13-22(18)17-11-10-14-6-4-5-9-16(14)17/h1-9,17-18,24H,10-13H2,(H2,21,23)/t17-,18?,20?/m1/s1. The molecule has 124 valence electrons. The number of primary amides is 1. The van der Waals surface area contributed by atoms with Crippen LogP contribution in [0, 0.1) is 0 Å². The van der Waals surface area contributed by atoms with E-state index in [4.69, 9.17) is 5.73 Å². The van der Waals surface area contributed by atoms with Crippen LogP contribution in [0.15, 0.2) is 54.6 Å². The molecule has 4 heteroatoms. The van der Waals surface area contributed by atoms with E-state index in [9.17, 15) is 9.90 Å². The SMILES string of the molecule is NC(=O)C1CC(O)(c2ccccc2)CN1[C@@H]1CCc2ccccc21. The number of carbonyl (C=O) groups excluding carboxylic acids is 1. The maximum absolute atomic E-state index is 12.1. The summed E-state index contributed by atoms with van der Waals surface area (Å²) >= 11 is 0. The Morgan fingerprint density at radius 2 is 1.83 bits per heavy atom. The van der Waals surface area contributed by atoms with Crippen LogP contribution in [0.2, 0.25) is 0 Å². The monoisotopic (exact) mass is 322 g/mol. The molecule has 2 aromatic rings. The zero-order valence-electron chi connectivity index (χ0n) is 13.6.